The number of nitrogens with zero attached hydrogens (tertiary/aromatic N) is 2. The second kappa shape index (κ2) is 5.56. The van der Waals surface area contributed by atoms with Gasteiger partial charge < -0.3 is 0 Å². The van der Waals surface area contributed by atoms with E-state index in [1.54, 1.807) is 6.21 Å². The summed E-state index contributed by atoms with van der Waals surface area (Å²) in [6.07, 6.45) is 4.60. The third kappa shape index (κ3) is 2.83. The van der Waals surface area contributed by atoms with Crippen LogP contribution < -0.4 is 0 Å². The first-order chi connectivity index (χ1) is 12.1. The van der Waals surface area contributed by atoms with E-state index in [4.69, 9.17) is 4.18 Å². The van der Waals surface area contributed by atoms with Gasteiger partial charge in [0.2, 0.25) is 5.91 Å². The highest BCUT2D eigenvalue weighted by Gasteiger charge is 2.72. The smallest absolute Gasteiger partial charge is 0.264 e. The van der Waals surface area contributed by atoms with Crippen molar-refractivity contribution < 1.29 is 26.2 Å². The Morgan fingerprint density at radius 2 is 1.88 bits per heavy atom. The Balaban J connectivity index is 1.45. The summed E-state index contributed by atoms with van der Waals surface area (Å²) in [5, 5.41) is 5.43. The first-order valence-electron chi connectivity index (χ1n) is 8.28. The Morgan fingerprint density at radius 3 is 2.46 bits per heavy atom. The van der Waals surface area contributed by atoms with Gasteiger partial charge in [0, 0.05) is 18.7 Å². The lowest BCUT2D eigenvalue weighted by Crippen LogP contribution is -2.69. The molecule has 140 valence electrons. The lowest BCUT2D eigenvalue weighted by Gasteiger charge is -2.69. The number of hydrazone groups is 1. The van der Waals surface area contributed by atoms with Gasteiger partial charge in [0.25, 0.3) is 10.1 Å². The zero-order chi connectivity index (χ0) is 18.7. The summed E-state index contributed by atoms with van der Waals surface area (Å²) in [5.41, 5.74) is -0.454. The number of hydrogen-bond donors (Lipinski definition) is 0. The maximum Gasteiger partial charge on any atom is 0.264 e. The molecule has 1 atom stereocenters. The van der Waals surface area contributed by atoms with E-state index in [2.05, 4.69) is 5.10 Å². The standard InChI is InChI=1S/C17H18F2N2O4S/c1-26(23,24)25-10-16-7-17(8-16,9-16)15(22)21-14(2-3-20-21)11-4-12(18)6-13(19)5-11/h3-6,14H,2,7-10H2,1H3. The number of rotatable bonds is 5. The van der Waals surface area contributed by atoms with Gasteiger partial charge in [0.15, 0.2) is 0 Å². The lowest BCUT2D eigenvalue weighted by atomic mass is 9.35. The monoisotopic (exact) mass is 384 g/mol. The quantitative estimate of drug-likeness (QED) is 0.731. The normalized spacial score (nSPS) is 32.3. The molecule has 1 aromatic rings. The minimum atomic E-state index is -3.51. The topological polar surface area (TPSA) is 76.0 Å². The molecule has 2 bridgehead atoms. The van der Waals surface area contributed by atoms with Crippen molar-refractivity contribution >= 4 is 22.2 Å². The number of benzene rings is 1. The molecule has 1 heterocycles. The van der Waals surface area contributed by atoms with Crippen molar-refractivity contribution in [2.45, 2.75) is 31.7 Å². The molecule has 3 fully saturated rings. The Labute approximate surface area is 149 Å². The van der Waals surface area contributed by atoms with E-state index in [0.29, 0.717) is 31.2 Å². The summed E-state index contributed by atoms with van der Waals surface area (Å²) >= 11 is 0. The average Bonchev–Trinajstić information content (AvgIpc) is 2.91. The van der Waals surface area contributed by atoms with Crippen LogP contribution in [0.3, 0.4) is 0 Å². The van der Waals surface area contributed by atoms with Crippen molar-refractivity contribution in [1.29, 1.82) is 0 Å². The maximum absolute atomic E-state index is 13.5. The molecule has 0 N–H and O–H groups in total. The van der Waals surface area contributed by atoms with Crippen molar-refractivity contribution in [2.75, 3.05) is 12.9 Å². The van der Waals surface area contributed by atoms with Crippen LogP contribution in [0.2, 0.25) is 0 Å². The Morgan fingerprint density at radius 1 is 1.27 bits per heavy atom. The highest BCUT2D eigenvalue weighted by atomic mass is 32.2. The second-order valence-corrected chi connectivity index (χ2v) is 9.32. The molecule has 1 amide bonds. The molecule has 1 aliphatic heterocycles. The number of amides is 1. The number of carbonyl (C=O) groups excluding carboxylic acids is 1. The largest absolute Gasteiger partial charge is 0.272 e. The Hall–Kier alpha value is -1.87. The van der Waals surface area contributed by atoms with E-state index in [9.17, 15) is 22.0 Å². The van der Waals surface area contributed by atoms with Gasteiger partial charge in [-0.05, 0) is 42.4 Å². The maximum atomic E-state index is 13.5. The van der Waals surface area contributed by atoms with Crippen LogP contribution >= 0.6 is 0 Å². The van der Waals surface area contributed by atoms with Crippen LogP contribution in [0.4, 0.5) is 8.78 Å². The molecule has 1 unspecified atom stereocenters. The van der Waals surface area contributed by atoms with Crippen molar-refractivity contribution in [3.8, 4) is 0 Å². The van der Waals surface area contributed by atoms with Crippen LogP contribution in [0.25, 0.3) is 0 Å². The molecule has 4 aliphatic rings. The van der Waals surface area contributed by atoms with Crippen molar-refractivity contribution in [3.05, 3.63) is 35.4 Å². The molecule has 26 heavy (non-hydrogen) atoms. The van der Waals surface area contributed by atoms with Gasteiger partial charge in [-0.1, -0.05) is 0 Å². The van der Waals surface area contributed by atoms with Gasteiger partial charge in [-0.2, -0.15) is 13.5 Å². The molecule has 0 aromatic heterocycles. The number of hydrogen-bond acceptors (Lipinski definition) is 5. The fourth-order valence-corrected chi connectivity index (χ4v) is 4.97. The van der Waals surface area contributed by atoms with Crippen molar-refractivity contribution in [3.63, 3.8) is 0 Å². The van der Waals surface area contributed by atoms with Gasteiger partial charge in [-0.3, -0.25) is 8.98 Å². The summed E-state index contributed by atoms with van der Waals surface area (Å²) in [6.45, 7) is 0.0860. The minimum Gasteiger partial charge on any atom is -0.272 e. The summed E-state index contributed by atoms with van der Waals surface area (Å²) < 4.78 is 54.2. The highest BCUT2D eigenvalue weighted by molar-refractivity contribution is 7.85. The van der Waals surface area contributed by atoms with Crippen LogP contribution in [0.15, 0.2) is 23.3 Å². The van der Waals surface area contributed by atoms with E-state index >= 15 is 0 Å². The van der Waals surface area contributed by atoms with Crippen molar-refractivity contribution in [2.24, 2.45) is 15.9 Å². The molecule has 0 saturated heterocycles. The van der Waals surface area contributed by atoms with E-state index in [1.807, 2.05) is 0 Å². The van der Waals surface area contributed by atoms with Crippen LogP contribution in [0.5, 0.6) is 0 Å². The summed E-state index contributed by atoms with van der Waals surface area (Å²) in [7, 11) is -3.51. The molecule has 3 saturated carbocycles. The third-order valence-corrected chi connectivity index (χ3v) is 6.03. The zero-order valence-corrected chi connectivity index (χ0v) is 14.9. The molecule has 9 heteroatoms. The fourth-order valence-electron chi connectivity index (χ4n) is 4.51. The molecule has 0 spiro atoms. The van der Waals surface area contributed by atoms with Gasteiger partial charge >= 0.3 is 0 Å². The third-order valence-electron chi connectivity index (χ3n) is 5.48. The average molecular weight is 384 g/mol. The number of halogens is 2. The first-order valence-corrected chi connectivity index (χ1v) is 10.1. The Kier molecular flexibility index (Phi) is 3.75. The van der Waals surface area contributed by atoms with Crippen LogP contribution in [0, 0.1) is 22.5 Å². The summed E-state index contributed by atoms with van der Waals surface area (Å²) in [4.78, 5) is 12.9. The molecular weight excluding hydrogens is 366 g/mol. The molecule has 1 aromatic carbocycles. The highest BCUT2D eigenvalue weighted by Crippen LogP contribution is 2.74. The molecular formula is C17H18F2N2O4S. The molecule has 5 rings (SSSR count). The van der Waals surface area contributed by atoms with E-state index in [1.165, 1.54) is 17.1 Å². The lowest BCUT2D eigenvalue weighted by molar-refractivity contribution is -0.226. The van der Waals surface area contributed by atoms with E-state index in [-0.39, 0.29) is 17.9 Å². The van der Waals surface area contributed by atoms with Crippen LogP contribution in [-0.2, 0) is 19.1 Å². The second-order valence-electron chi connectivity index (χ2n) is 7.68. The summed E-state index contributed by atoms with van der Waals surface area (Å²) in [5.74, 6) is -1.56. The molecule has 0 radical (unpaired) electrons. The van der Waals surface area contributed by atoms with Gasteiger partial charge in [-0.15, -0.1) is 0 Å². The molecule has 6 nitrogen and oxygen atoms in total. The van der Waals surface area contributed by atoms with Crippen molar-refractivity contribution in [1.82, 2.24) is 5.01 Å². The van der Waals surface area contributed by atoms with Crippen LogP contribution in [0.1, 0.15) is 37.3 Å². The van der Waals surface area contributed by atoms with Crippen LogP contribution in [-0.4, -0.2) is 38.4 Å². The fraction of sp³-hybridized carbons (Fsp3) is 0.529. The van der Waals surface area contributed by atoms with E-state index < -0.39 is 33.2 Å². The summed E-state index contributed by atoms with van der Waals surface area (Å²) in [6, 6.07) is 2.70. The van der Waals surface area contributed by atoms with Gasteiger partial charge in [0.05, 0.1) is 24.3 Å². The first kappa shape index (κ1) is 17.5. The van der Waals surface area contributed by atoms with E-state index in [0.717, 1.165) is 12.3 Å². The SMILES string of the molecule is CS(=O)(=O)OCC12CC(C(=O)N3N=CCC3c3cc(F)cc(F)c3)(C1)C2. The minimum absolute atomic E-state index is 0.0860. The predicted molar refractivity (Wildman–Crippen MR) is 88.6 cm³/mol. The zero-order valence-electron chi connectivity index (χ0n) is 14.1. The Bertz CT molecular complexity index is 875. The van der Waals surface area contributed by atoms with Gasteiger partial charge in [-0.25, -0.2) is 13.8 Å². The number of carbonyl (C=O) groups is 1. The molecule has 3 aliphatic carbocycles. The van der Waals surface area contributed by atoms with Gasteiger partial charge in [0.1, 0.15) is 11.6 Å². The predicted octanol–water partition coefficient (Wildman–Crippen LogP) is 2.37.